The van der Waals surface area contributed by atoms with E-state index in [4.69, 9.17) is 16.3 Å². The molecule has 1 aliphatic heterocycles. The number of nitrogens with zero attached hydrogens (tertiary/aromatic N) is 1. The number of fused-ring (bicyclic) bond motifs is 1. The maximum atomic E-state index is 6.52. The van der Waals surface area contributed by atoms with Crippen molar-refractivity contribution in [3.05, 3.63) is 64.8 Å². The van der Waals surface area contributed by atoms with E-state index in [0.29, 0.717) is 0 Å². The van der Waals surface area contributed by atoms with Gasteiger partial charge in [0, 0.05) is 42.1 Å². The Kier molecular flexibility index (Phi) is 4.75. The number of nitrogens with one attached hydrogen (secondary N) is 2. The van der Waals surface area contributed by atoms with Crippen LogP contribution in [0.2, 0.25) is 5.02 Å². The Labute approximate surface area is 152 Å². The van der Waals surface area contributed by atoms with Gasteiger partial charge in [0.15, 0.2) is 0 Å². The quantitative estimate of drug-likeness (QED) is 0.725. The van der Waals surface area contributed by atoms with Gasteiger partial charge in [-0.2, -0.15) is 5.10 Å². The molecule has 0 spiro atoms. The van der Waals surface area contributed by atoms with Gasteiger partial charge in [-0.3, -0.25) is 5.10 Å². The summed E-state index contributed by atoms with van der Waals surface area (Å²) in [5.41, 5.74) is 3.59. The summed E-state index contributed by atoms with van der Waals surface area (Å²) in [5.74, 6) is 0. The largest absolute Gasteiger partial charge is 0.381 e. The van der Waals surface area contributed by atoms with Crippen LogP contribution in [-0.2, 0) is 16.7 Å². The molecule has 0 bridgehead atoms. The predicted octanol–water partition coefficient (Wildman–Crippen LogP) is 4.05. The van der Waals surface area contributed by atoms with Crippen molar-refractivity contribution in [2.75, 3.05) is 19.8 Å². The van der Waals surface area contributed by atoms with Gasteiger partial charge in [0.05, 0.1) is 11.7 Å². The highest BCUT2D eigenvalue weighted by Crippen LogP contribution is 2.38. The molecule has 130 valence electrons. The van der Waals surface area contributed by atoms with Gasteiger partial charge in [-0.15, -0.1) is 0 Å². The van der Waals surface area contributed by atoms with Gasteiger partial charge in [0.2, 0.25) is 0 Å². The molecular formula is C20H22ClN3O. The van der Waals surface area contributed by atoms with Crippen LogP contribution >= 0.6 is 11.6 Å². The van der Waals surface area contributed by atoms with E-state index in [-0.39, 0.29) is 5.41 Å². The number of rotatable bonds is 5. The SMILES string of the molecule is Clc1ccccc1C1(CNCc2ccc3cn[nH]c3c2)CCOCC1. The minimum absolute atomic E-state index is 0.0364. The van der Waals surface area contributed by atoms with Crippen LogP contribution in [0.25, 0.3) is 10.9 Å². The second-order valence-electron chi connectivity index (χ2n) is 6.77. The number of H-pyrrole nitrogens is 1. The van der Waals surface area contributed by atoms with Crippen molar-refractivity contribution in [1.29, 1.82) is 0 Å². The Morgan fingerprint density at radius 3 is 2.84 bits per heavy atom. The molecule has 0 atom stereocenters. The van der Waals surface area contributed by atoms with Crippen molar-refractivity contribution in [3.8, 4) is 0 Å². The second kappa shape index (κ2) is 7.16. The second-order valence-corrected chi connectivity index (χ2v) is 7.17. The van der Waals surface area contributed by atoms with E-state index in [0.717, 1.165) is 55.1 Å². The predicted molar refractivity (Wildman–Crippen MR) is 101 cm³/mol. The first-order valence-electron chi connectivity index (χ1n) is 8.72. The first-order chi connectivity index (χ1) is 12.3. The van der Waals surface area contributed by atoms with E-state index in [1.807, 2.05) is 18.3 Å². The molecule has 0 unspecified atom stereocenters. The van der Waals surface area contributed by atoms with Crippen LogP contribution in [0.4, 0.5) is 0 Å². The number of halogens is 1. The third-order valence-corrected chi connectivity index (χ3v) is 5.52. The summed E-state index contributed by atoms with van der Waals surface area (Å²) in [6, 6.07) is 14.6. The molecule has 2 N–H and O–H groups in total. The van der Waals surface area contributed by atoms with Gasteiger partial charge in [-0.25, -0.2) is 0 Å². The third-order valence-electron chi connectivity index (χ3n) is 5.19. The molecule has 3 aromatic rings. The molecule has 0 aliphatic carbocycles. The average Bonchev–Trinajstić information content (AvgIpc) is 3.11. The summed E-state index contributed by atoms with van der Waals surface area (Å²) in [5, 5.41) is 12.7. The molecule has 0 amide bonds. The minimum Gasteiger partial charge on any atom is -0.381 e. The van der Waals surface area contributed by atoms with Gasteiger partial charge < -0.3 is 10.1 Å². The van der Waals surface area contributed by atoms with Crippen LogP contribution < -0.4 is 5.32 Å². The van der Waals surface area contributed by atoms with E-state index >= 15 is 0 Å². The summed E-state index contributed by atoms with van der Waals surface area (Å²) in [4.78, 5) is 0. The van der Waals surface area contributed by atoms with Crippen LogP contribution in [0.15, 0.2) is 48.7 Å². The molecule has 1 aromatic heterocycles. The molecule has 0 radical (unpaired) electrons. The van der Waals surface area contributed by atoms with E-state index in [1.54, 1.807) is 0 Å². The molecule has 5 heteroatoms. The average molecular weight is 356 g/mol. The number of hydrogen-bond donors (Lipinski definition) is 2. The monoisotopic (exact) mass is 355 g/mol. The minimum atomic E-state index is 0.0364. The number of hydrogen-bond acceptors (Lipinski definition) is 3. The zero-order chi connectivity index (χ0) is 17.1. The molecule has 2 heterocycles. The standard InChI is InChI=1S/C20H22ClN3O/c21-18-4-2-1-3-17(18)20(7-9-25-10-8-20)14-22-12-15-5-6-16-13-23-24-19(16)11-15/h1-6,11,13,22H,7-10,12,14H2,(H,23,24). The van der Waals surface area contributed by atoms with Crippen LogP contribution in [0.3, 0.4) is 0 Å². The van der Waals surface area contributed by atoms with E-state index in [1.165, 1.54) is 11.1 Å². The molecule has 0 saturated carbocycles. The third kappa shape index (κ3) is 3.43. The molecule has 2 aromatic carbocycles. The zero-order valence-corrected chi connectivity index (χ0v) is 14.9. The molecule has 1 fully saturated rings. The van der Waals surface area contributed by atoms with Crippen molar-refractivity contribution < 1.29 is 4.74 Å². The maximum absolute atomic E-state index is 6.52. The highest BCUT2D eigenvalue weighted by atomic mass is 35.5. The number of ether oxygens (including phenoxy) is 1. The fourth-order valence-electron chi connectivity index (χ4n) is 3.74. The molecule has 1 saturated heterocycles. The van der Waals surface area contributed by atoms with Gasteiger partial charge in [-0.1, -0.05) is 41.9 Å². The summed E-state index contributed by atoms with van der Waals surface area (Å²) in [6.07, 6.45) is 3.83. The molecular weight excluding hydrogens is 334 g/mol. The zero-order valence-electron chi connectivity index (χ0n) is 14.1. The summed E-state index contributed by atoms with van der Waals surface area (Å²) < 4.78 is 5.61. The Morgan fingerprint density at radius 2 is 2.00 bits per heavy atom. The maximum Gasteiger partial charge on any atom is 0.0653 e. The van der Waals surface area contributed by atoms with Gasteiger partial charge in [0.1, 0.15) is 0 Å². The smallest absolute Gasteiger partial charge is 0.0653 e. The number of aromatic amines is 1. The van der Waals surface area contributed by atoms with Crippen LogP contribution in [-0.4, -0.2) is 30.0 Å². The van der Waals surface area contributed by atoms with Crippen molar-refractivity contribution in [3.63, 3.8) is 0 Å². The first-order valence-corrected chi connectivity index (χ1v) is 9.10. The Balaban J connectivity index is 1.50. The molecule has 25 heavy (non-hydrogen) atoms. The molecule has 4 rings (SSSR count). The van der Waals surface area contributed by atoms with E-state index in [2.05, 4.69) is 45.8 Å². The van der Waals surface area contributed by atoms with Crippen molar-refractivity contribution in [1.82, 2.24) is 15.5 Å². The van der Waals surface area contributed by atoms with Crippen LogP contribution in [0, 0.1) is 0 Å². The lowest BCUT2D eigenvalue weighted by Gasteiger charge is -2.38. The highest BCUT2D eigenvalue weighted by molar-refractivity contribution is 6.31. The lowest BCUT2D eigenvalue weighted by Crippen LogP contribution is -2.42. The Hall–Kier alpha value is -1.88. The van der Waals surface area contributed by atoms with Crippen molar-refractivity contribution in [2.24, 2.45) is 0 Å². The lowest BCUT2D eigenvalue weighted by molar-refractivity contribution is 0.0498. The topological polar surface area (TPSA) is 49.9 Å². The van der Waals surface area contributed by atoms with Gasteiger partial charge in [-0.05, 0) is 36.1 Å². The van der Waals surface area contributed by atoms with Gasteiger partial charge in [0.25, 0.3) is 0 Å². The fraction of sp³-hybridized carbons (Fsp3) is 0.350. The molecule has 1 aliphatic rings. The Bertz CT molecular complexity index is 855. The van der Waals surface area contributed by atoms with Gasteiger partial charge >= 0.3 is 0 Å². The summed E-state index contributed by atoms with van der Waals surface area (Å²) in [6.45, 7) is 3.28. The summed E-state index contributed by atoms with van der Waals surface area (Å²) in [7, 11) is 0. The first kappa shape index (κ1) is 16.6. The van der Waals surface area contributed by atoms with E-state index in [9.17, 15) is 0 Å². The highest BCUT2D eigenvalue weighted by Gasteiger charge is 2.35. The van der Waals surface area contributed by atoms with Crippen LogP contribution in [0.5, 0.6) is 0 Å². The van der Waals surface area contributed by atoms with Crippen molar-refractivity contribution in [2.45, 2.75) is 24.8 Å². The van der Waals surface area contributed by atoms with Crippen molar-refractivity contribution >= 4 is 22.5 Å². The fourth-order valence-corrected chi connectivity index (χ4v) is 4.07. The van der Waals surface area contributed by atoms with Crippen LogP contribution in [0.1, 0.15) is 24.0 Å². The summed E-state index contributed by atoms with van der Waals surface area (Å²) >= 11 is 6.52. The number of aromatic nitrogens is 2. The molecule has 4 nitrogen and oxygen atoms in total. The Morgan fingerprint density at radius 1 is 1.16 bits per heavy atom. The van der Waals surface area contributed by atoms with E-state index < -0.39 is 0 Å². The normalized spacial score (nSPS) is 17.0. The lowest BCUT2D eigenvalue weighted by atomic mass is 9.74. The number of benzene rings is 2.